The zero-order valence-corrected chi connectivity index (χ0v) is 17.0. The summed E-state index contributed by atoms with van der Waals surface area (Å²) in [5.74, 6) is 1.04. The molecule has 0 spiro atoms. The van der Waals surface area contributed by atoms with E-state index < -0.39 is 10.0 Å². The highest BCUT2D eigenvalue weighted by Crippen LogP contribution is 2.34. The van der Waals surface area contributed by atoms with Crippen LogP contribution in [0.25, 0.3) is 11.4 Å². The highest BCUT2D eigenvalue weighted by Gasteiger charge is 2.27. The lowest BCUT2D eigenvalue weighted by Gasteiger charge is -2.15. The normalized spacial score (nSPS) is 16.3. The Hall–Kier alpha value is -2.23. The predicted octanol–water partition coefficient (Wildman–Crippen LogP) is 3.77. The van der Waals surface area contributed by atoms with Gasteiger partial charge in [0.1, 0.15) is 4.90 Å². The molecule has 0 unspecified atom stereocenters. The van der Waals surface area contributed by atoms with Crippen LogP contribution in [0.4, 0.5) is 0 Å². The number of aromatic nitrogens is 3. The highest BCUT2D eigenvalue weighted by molar-refractivity contribution is 7.99. The van der Waals surface area contributed by atoms with Crippen LogP contribution in [-0.4, -0.2) is 40.9 Å². The van der Waals surface area contributed by atoms with Crippen molar-refractivity contribution in [2.45, 2.75) is 34.9 Å². The number of benzene rings is 1. The molecule has 1 aliphatic heterocycles. The second kappa shape index (κ2) is 8.02. The van der Waals surface area contributed by atoms with Gasteiger partial charge in [-0.05, 0) is 31.9 Å². The van der Waals surface area contributed by atoms with E-state index >= 15 is 0 Å². The summed E-state index contributed by atoms with van der Waals surface area (Å²) in [6.45, 7) is 3.11. The maximum atomic E-state index is 12.6. The minimum absolute atomic E-state index is 0.112. The highest BCUT2D eigenvalue weighted by atomic mass is 32.2. The molecule has 1 aliphatic rings. The van der Waals surface area contributed by atoms with Gasteiger partial charge in [-0.25, -0.2) is 13.4 Å². The van der Waals surface area contributed by atoms with Crippen LogP contribution in [0.5, 0.6) is 0 Å². The van der Waals surface area contributed by atoms with E-state index in [2.05, 4.69) is 15.1 Å². The first-order chi connectivity index (χ1) is 13.5. The van der Waals surface area contributed by atoms with E-state index in [0.29, 0.717) is 29.8 Å². The van der Waals surface area contributed by atoms with Gasteiger partial charge in [-0.15, -0.1) is 0 Å². The number of sulfonamides is 1. The summed E-state index contributed by atoms with van der Waals surface area (Å²) in [5.41, 5.74) is 0.893. The molecule has 2 aromatic heterocycles. The standard InChI is InChI=1S/C19H20N4O3S2/c1-14(19-21-18(22-26-19)15-7-3-2-4-8-15)27-17-10-9-16(13-20-17)28(24,25)23-11-5-6-12-23/h2-4,7-10,13-14H,5-6,11-12H2,1H3/t14-/m0/s1. The van der Waals surface area contributed by atoms with E-state index in [-0.39, 0.29) is 10.1 Å². The number of hydrogen-bond donors (Lipinski definition) is 0. The van der Waals surface area contributed by atoms with Gasteiger partial charge in [-0.2, -0.15) is 9.29 Å². The van der Waals surface area contributed by atoms with E-state index in [1.165, 1.54) is 22.3 Å². The minimum atomic E-state index is -3.44. The monoisotopic (exact) mass is 416 g/mol. The van der Waals surface area contributed by atoms with Crippen molar-refractivity contribution in [1.29, 1.82) is 0 Å². The van der Waals surface area contributed by atoms with Crippen molar-refractivity contribution in [2.75, 3.05) is 13.1 Å². The van der Waals surface area contributed by atoms with Crippen LogP contribution in [-0.2, 0) is 10.0 Å². The molecule has 4 rings (SSSR count). The van der Waals surface area contributed by atoms with E-state index in [1.54, 1.807) is 12.1 Å². The lowest BCUT2D eigenvalue weighted by Crippen LogP contribution is -2.27. The van der Waals surface area contributed by atoms with Crippen molar-refractivity contribution in [2.24, 2.45) is 0 Å². The van der Waals surface area contributed by atoms with Gasteiger partial charge in [0, 0.05) is 24.8 Å². The second-order valence-corrected chi connectivity index (χ2v) is 9.82. The second-order valence-electron chi connectivity index (χ2n) is 6.53. The van der Waals surface area contributed by atoms with Gasteiger partial charge in [-0.3, -0.25) is 0 Å². The zero-order valence-electron chi connectivity index (χ0n) is 15.4. The first kappa shape index (κ1) is 19.1. The molecule has 0 aliphatic carbocycles. The number of thioether (sulfide) groups is 1. The van der Waals surface area contributed by atoms with Crippen LogP contribution in [0.3, 0.4) is 0 Å². The predicted molar refractivity (Wildman–Crippen MR) is 106 cm³/mol. The number of rotatable bonds is 6. The fraction of sp³-hybridized carbons (Fsp3) is 0.316. The van der Waals surface area contributed by atoms with Gasteiger partial charge in [0.15, 0.2) is 0 Å². The van der Waals surface area contributed by atoms with Crippen molar-refractivity contribution < 1.29 is 12.9 Å². The largest absolute Gasteiger partial charge is 0.338 e. The summed E-state index contributed by atoms with van der Waals surface area (Å²) in [4.78, 5) is 9.00. The first-order valence-electron chi connectivity index (χ1n) is 9.06. The molecule has 9 heteroatoms. The topological polar surface area (TPSA) is 89.2 Å². The molecule has 1 aromatic carbocycles. The average molecular weight is 417 g/mol. The summed E-state index contributed by atoms with van der Waals surface area (Å²) >= 11 is 1.44. The van der Waals surface area contributed by atoms with Crippen LogP contribution in [0, 0.1) is 0 Å². The summed E-state index contributed by atoms with van der Waals surface area (Å²) in [6, 6.07) is 13.0. The molecular formula is C19H20N4O3S2. The Bertz CT molecular complexity index is 1030. The summed E-state index contributed by atoms with van der Waals surface area (Å²) in [5, 5.41) is 4.62. The third-order valence-electron chi connectivity index (χ3n) is 4.53. The number of nitrogens with zero attached hydrogens (tertiary/aromatic N) is 4. The lowest BCUT2D eigenvalue weighted by molar-refractivity contribution is 0.380. The number of pyridine rings is 1. The maximum Gasteiger partial charge on any atom is 0.244 e. The molecule has 0 saturated carbocycles. The van der Waals surface area contributed by atoms with Crippen LogP contribution >= 0.6 is 11.8 Å². The van der Waals surface area contributed by atoms with Crippen molar-refractivity contribution in [3.8, 4) is 11.4 Å². The van der Waals surface area contributed by atoms with Crippen LogP contribution in [0.2, 0.25) is 0 Å². The lowest BCUT2D eigenvalue weighted by atomic mass is 10.2. The quantitative estimate of drug-likeness (QED) is 0.565. The van der Waals surface area contributed by atoms with Gasteiger partial charge < -0.3 is 4.52 Å². The molecule has 0 radical (unpaired) electrons. The molecule has 0 amide bonds. The molecule has 3 aromatic rings. The molecular weight excluding hydrogens is 396 g/mol. The van der Waals surface area contributed by atoms with Crippen molar-refractivity contribution in [3.05, 3.63) is 54.6 Å². The molecule has 0 bridgehead atoms. The fourth-order valence-electron chi connectivity index (χ4n) is 3.00. The Labute approximate surface area is 168 Å². The summed E-state index contributed by atoms with van der Waals surface area (Å²) in [7, 11) is -3.44. The van der Waals surface area contributed by atoms with E-state index in [1.807, 2.05) is 37.3 Å². The summed E-state index contributed by atoms with van der Waals surface area (Å²) in [6.07, 6.45) is 3.24. The fourth-order valence-corrected chi connectivity index (χ4v) is 5.28. The van der Waals surface area contributed by atoms with E-state index in [0.717, 1.165) is 18.4 Å². The smallest absolute Gasteiger partial charge is 0.244 e. The zero-order chi connectivity index (χ0) is 19.6. The molecule has 1 fully saturated rings. The Kier molecular flexibility index (Phi) is 5.47. The first-order valence-corrected chi connectivity index (χ1v) is 11.4. The van der Waals surface area contributed by atoms with Gasteiger partial charge >= 0.3 is 0 Å². The third kappa shape index (κ3) is 3.96. The Balaban J connectivity index is 1.45. The van der Waals surface area contributed by atoms with Crippen molar-refractivity contribution >= 4 is 21.8 Å². The van der Waals surface area contributed by atoms with E-state index in [9.17, 15) is 8.42 Å². The SMILES string of the molecule is C[C@H](Sc1ccc(S(=O)(=O)N2CCCC2)cn1)c1nc(-c2ccccc2)no1. The van der Waals surface area contributed by atoms with Crippen molar-refractivity contribution in [3.63, 3.8) is 0 Å². The Morgan fingerprint density at radius 3 is 2.54 bits per heavy atom. The van der Waals surface area contributed by atoms with Crippen LogP contribution in [0.1, 0.15) is 30.9 Å². The third-order valence-corrected chi connectivity index (χ3v) is 7.45. The summed E-state index contributed by atoms with van der Waals surface area (Å²) < 4.78 is 32.0. The van der Waals surface area contributed by atoms with Crippen molar-refractivity contribution in [1.82, 2.24) is 19.4 Å². The molecule has 3 heterocycles. The van der Waals surface area contributed by atoms with Gasteiger partial charge in [0.25, 0.3) is 0 Å². The van der Waals surface area contributed by atoms with Gasteiger partial charge in [0.05, 0.1) is 10.3 Å². The van der Waals surface area contributed by atoms with Crippen LogP contribution in [0.15, 0.2) is 63.1 Å². The molecule has 28 heavy (non-hydrogen) atoms. The minimum Gasteiger partial charge on any atom is -0.338 e. The molecule has 0 N–H and O–H groups in total. The Morgan fingerprint density at radius 1 is 1.11 bits per heavy atom. The molecule has 146 valence electrons. The molecule has 1 atom stereocenters. The average Bonchev–Trinajstić information content (AvgIpc) is 3.42. The Morgan fingerprint density at radius 2 is 1.86 bits per heavy atom. The molecule has 1 saturated heterocycles. The maximum absolute atomic E-state index is 12.6. The molecule has 7 nitrogen and oxygen atoms in total. The van der Waals surface area contributed by atoms with Gasteiger partial charge in [0.2, 0.25) is 21.7 Å². The van der Waals surface area contributed by atoms with E-state index in [4.69, 9.17) is 4.52 Å². The van der Waals surface area contributed by atoms with Gasteiger partial charge in [-0.1, -0.05) is 47.3 Å². The van der Waals surface area contributed by atoms with Crippen LogP contribution < -0.4 is 0 Å². The number of hydrogen-bond acceptors (Lipinski definition) is 7.